The lowest BCUT2D eigenvalue weighted by Gasteiger charge is -2.14. The van der Waals surface area contributed by atoms with Crippen LogP contribution in [0.2, 0.25) is 0 Å². The average molecular weight is 753 g/mol. The molecule has 0 aliphatic rings. The molecular formula is C54H32N4O. The van der Waals surface area contributed by atoms with E-state index in [-0.39, 0.29) is 0 Å². The molecule has 5 heteroatoms. The van der Waals surface area contributed by atoms with Gasteiger partial charge >= 0.3 is 0 Å². The van der Waals surface area contributed by atoms with Gasteiger partial charge in [0.25, 0.3) is 0 Å². The Bertz CT molecular complexity index is 3610. The summed E-state index contributed by atoms with van der Waals surface area (Å²) in [5.41, 5.74) is 14.8. The number of hydrogen-bond acceptors (Lipinski definition) is 5. The quantitative estimate of drug-likeness (QED) is 0.164. The Morgan fingerprint density at radius 2 is 0.763 bits per heavy atom. The van der Waals surface area contributed by atoms with Crippen molar-refractivity contribution in [3.05, 3.63) is 194 Å². The standard InChI is InChI=1S/C54H32N4O/c1-3-11-33(12-4-1)45-28-24-35-21-22-36-26-30-47(57-51(36)50(35)55-45)38-15-9-16-39(31-38)48-32-44(43-19-10-18-42-40-17-7-8-20-49(40)59-54(42)43)41-27-23-37-25-29-46(34-13-5-2-6-14-34)56-52(37)53(41)58-48/h1-32H. The number of rotatable bonds is 5. The van der Waals surface area contributed by atoms with Gasteiger partial charge in [-0.3, -0.25) is 0 Å². The van der Waals surface area contributed by atoms with Gasteiger partial charge in [0.1, 0.15) is 11.2 Å². The number of fused-ring (bicyclic) bond motifs is 9. The highest BCUT2D eigenvalue weighted by Crippen LogP contribution is 2.41. The van der Waals surface area contributed by atoms with Crippen LogP contribution in [0.1, 0.15) is 0 Å². The Balaban J connectivity index is 1.07. The molecule has 0 atom stereocenters. The van der Waals surface area contributed by atoms with Crippen molar-refractivity contribution in [2.75, 3.05) is 0 Å². The highest BCUT2D eigenvalue weighted by Gasteiger charge is 2.19. The third-order valence-corrected chi connectivity index (χ3v) is 11.4. The van der Waals surface area contributed by atoms with E-state index in [9.17, 15) is 0 Å². The van der Waals surface area contributed by atoms with Gasteiger partial charge in [-0.1, -0.05) is 158 Å². The fraction of sp³-hybridized carbons (Fsp3) is 0. The lowest BCUT2D eigenvalue weighted by molar-refractivity contribution is 0.670. The van der Waals surface area contributed by atoms with Crippen molar-refractivity contribution < 1.29 is 4.42 Å². The zero-order valence-corrected chi connectivity index (χ0v) is 31.7. The lowest BCUT2D eigenvalue weighted by atomic mass is 9.95. The molecule has 7 aromatic carbocycles. The van der Waals surface area contributed by atoms with Crippen molar-refractivity contribution in [3.8, 4) is 56.2 Å². The maximum Gasteiger partial charge on any atom is 0.143 e. The highest BCUT2D eigenvalue weighted by molar-refractivity contribution is 6.15. The predicted molar refractivity (Wildman–Crippen MR) is 242 cm³/mol. The van der Waals surface area contributed by atoms with Gasteiger partial charge in [0.15, 0.2) is 0 Å². The fourth-order valence-corrected chi connectivity index (χ4v) is 8.51. The average Bonchev–Trinajstić information content (AvgIpc) is 3.70. The van der Waals surface area contributed by atoms with Crippen molar-refractivity contribution in [2.45, 2.75) is 0 Å². The van der Waals surface area contributed by atoms with Crippen molar-refractivity contribution in [2.24, 2.45) is 0 Å². The monoisotopic (exact) mass is 752 g/mol. The fourth-order valence-electron chi connectivity index (χ4n) is 8.51. The van der Waals surface area contributed by atoms with E-state index in [1.165, 1.54) is 0 Å². The van der Waals surface area contributed by atoms with Gasteiger partial charge in [0.2, 0.25) is 0 Å². The Hall–Kier alpha value is -8.02. The van der Waals surface area contributed by atoms with Crippen LogP contribution in [-0.2, 0) is 0 Å². The van der Waals surface area contributed by atoms with Crippen molar-refractivity contribution in [3.63, 3.8) is 0 Å². The normalized spacial score (nSPS) is 11.7. The summed E-state index contributed by atoms with van der Waals surface area (Å²) in [7, 11) is 0. The van der Waals surface area contributed by atoms with Crippen LogP contribution >= 0.6 is 0 Å². The van der Waals surface area contributed by atoms with Crippen molar-refractivity contribution in [1.29, 1.82) is 0 Å². The largest absolute Gasteiger partial charge is 0.455 e. The number of furan rings is 1. The summed E-state index contributed by atoms with van der Waals surface area (Å²) in [4.78, 5) is 21.2. The van der Waals surface area contributed by atoms with Crippen LogP contribution in [-0.4, -0.2) is 19.9 Å². The molecule has 5 aromatic heterocycles. The van der Waals surface area contributed by atoms with Crippen LogP contribution in [0.5, 0.6) is 0 Å². The first-order valence-electron chi connectivity index (χ1n) is 19.8. The van der Waals surface area contributed by atoms with E-state index in [4.69, 9.17) is 24.4 Å². The molecule has 0 spiro atoms. The first-order valence-corrected chi connectivity index (χ1v) is 19.8. The van der Waals surface area contributed by atoms with Gasteiger partial charge in [0, 0.05) is 60.1 Å². The smallest absolute Gasteiger partial charge is 0.143 e. The van der Waals surface area contributed by atoms with E-state index in [1.54, 1.807) is 0 Å². The van der Waals surface area contributed by atoms with Gasteiger partial charge in [0.05, 0.1) is 44.8 Å². The van der Waals surface area contributed by atoms with Gasteiger partial charge in [-0.05, 0) is 42.0 Å². The van der Waals surface area contributed by atoms with Crippen LogP contribution in [0.15, 0.2) is 199 Å². The molecule has 0 N–H and O–H groups in total. The number of benzene rings is 7. The number of nitrogens with zero attached hydrogens (tertiary/aromatic N) is 4. The summed E-state index contributed by atoms with van der Waals surface area (Å²) in [5.74, 6) is 0. The molecule has 0 saturated heterocycles. The summed E-state index contributed by atoms with van der Waals surface area (Å²) in [6.07, 6.45) is 0. The lowest BCUT2D eigenvalue weighted by Crippen LogP contribution is -1.94. The molecule has 0 unspecified atom stereocenters. The van der Waals surface area contributed by atoms with E-state index in [0.717, 1.165) is 122 Å². The SMILES string of the molecule is c1ccc(-c2ccc3ccc4ccc(-c5cccc(-c6cc(-c7cccc8c7oc7ccccc78)c7ccc8ccc(-c9ccccc9)nc8c7n6)c5)nc4c3n2)cc1. The molecule has 0 aliphatic carbocycles. The second-order valence-electron chi connectivity index (χ2n) is 15.0. The molecule has 0 radical (unpaired) electrons. The second kappa shape index (κ2) is 13.3. The summed E-state index contributed by atoms with van der Waals surface area (Å²) in [6.45, 7) is 0. The molecule has 12 aromatic rings. The van der Waals surface area contributed by atoms with Gasteiger partial charge in [-0.25, -0.2) is 19.9 Å². The summed E-state index contributed by atoms with van der Waals surface area (Å²) in [5, 5.41) is 6.31. The van der Waals surface area contributed by atoms with Crippen LogP contribution in [0.25, 0.3) is 122 Å². The van der Waals surface area contributed by atoms with E-state index in [0.29, 0.717) is 0 Å². The third-order valence-electron chi connectivity index (χ3n) is 11.4. The Labute approximate surface area is 338 Å². The van der Waals surface area contributed by atoms with Gasteiger partial charge in [-0.15, -0.1) is 0 Å². The summed E-state index contributed by atoms with van der Waals surface area (Å²) >= 11 is 0. The topological polar surface area (TPSA) is 64.7 Å². The van der Waals surface area contributed by atoms with Crippen molar-refractivity contribution >= 4 is 65.6 Å². The van der Waals surface area contributed by atoms with Crippen LogP contribution in [0.3, 0.4) is 0 Å². The minimum atomic E-state index is 0.835. The molecular weight excluding hydrogens is 721 g/mol. The summed E-state index contributed by atoms with van der Waals surface area (Å²) < 4.78 is 6.62. The number of pyridine rings is 4. The van der Waals surface area contributed by atoms with E-state index in [2.05, 4.69) is 146 Å². The molecule has 0 saturated carbocycles. The molecule has 0 aliphatic heterocycles. The molecule has 59 heavy (non-hydrogen) atoms. The van der Waals surface area contributed by atoms with Crippen LogP contribution < -0.4 is 0 Å². The van der Waals surface area contributed by atoms with Crippen LogP contribution in [0.4, 0.5) is 0 Å². The Morgan fingerprint density at radius 3 is 1.42 bits per heavy atom. The molecule has 5 heterocycles. The molecule has 5 nitrogen and oxygen atoms in total. The molecule has 0 amide bonds. The molecule has 0 fully saturated rings. The third kappa shape index (κ3) is 5.55. The number of hydrogen-bond donors (Lipinski definition) is 0. The molecule has 274 valence electrons. The van der Waals surface area contributed by atoms with E-state index >= 15 is 0 Å². The Kier molecular flexibility index (Phi) is 7.47. The van der Waals surface area contributed by atoms with Crippen LogP contribution in [0, 0.1) is 0 Å². The molecule has 12 rings (SSSR count). The van der Waals surface area contributed by atoms with Gasteiger partial charge < -0.3 is 4.42 Å². The number of para-hydroxylation sites is 2. The second-order valence-corrected chi connectivity index (χ2v) is 15.0. The maximum atomic E-state index is 6.62. The first-order chi connectivity index (χ1) is 29.2. The van der Waals surface area contributed by atoms with Crippen molar-refractivity contribution in [1.82, 2.24) is 19.9 Å². The molecule has 0 bridgehead atoms. The van der Waals surface area contributed by atoms with E-state index < -0.39 is 0 Å². The Morgan fingerprint density at radius 1 is 0.288 bits per heavy atom. The highest BCUT2D eigenvalue weighted by atomic mass is 16.3. The maximum absolute atomic E-state index is 6.62. The zero-order valence-electron chi connectivity index (χ0n) is 31.7. The van der Waals surface area contributed by atoms with Gasteiger partial charge in [-0.2, -0.15) is 0 Å². The first kappa shape index (κ1) is 33.2. The van der Waals surface area contributed by atoms with E-state index in [1.807, 2.05) is 48.5 Å². The summed E-state index contributed by atoms with van der Waals surface area (Å²) in [6, 6.07) is 67.2. The number of aromatic nitrogens is 4. The predicted octanol–water partition coefficient (Wildman–Crippen LogP) is 14.1. The zero-order chi connectivity index (χ0) is 38.9. The minimum absolute atomic E-state index is 0.835. The minimum Gasteiger partial charge on any atom is -0.455 e.